The van der Waals surface area contributed by atoms with Gasteiger partial charge in [0.2, 0.25) is 5.95 Å². The van der Waals surface area contributed by atoms with E-state index in [1.165, 1.54) is 12.1 Å². The van der Waals surface area contributed by atoms with Gasteiger partial charge in [-0.2, -0.15) is 10.1 Å². The molecule has 1 aliphatic rings. The van der Waals surface area contributed by atoms with E-state index in [1.807, 2.05) is 6.07 Å². The minimum atomic E-state index is -0.998. The van der Waals surface area contributed by atoms with Gasteiger partial charge < -0.3 is 30.7 Å². The van der Waals surface area contributed by atoms with Gasteiger partial charge in [-0.05, 0) is 42.7 Å². The van der Waals surface area contributed by atoms with Gasteiger partial charge in [-0.25, -0.2) is 9.37 Å². The Bertz CT molecular complexity index is 1330. The van der Waals surface area contributed by atoms with Gasteiger partial charge in [-0.1, -0.05) is 12.1 Å². The van der Waals surface area contributed by atoms with Gasteiger partial charge in [0, 0.05) is 29.1 Å². The fourth-order valence-electron chi connectivity index (χ4n) is 3.81. The van der Waals surface area contributed by atoms with Crippen molar-refractivity contribution in [3.8, 4) is 5.75 Å². The van der Waals surface area contributed by atoms with Crippen LogP contribution in [0.25, 0.3) is 10.9 Å². The third-order valence-corrected chi connectivity index (χ3v) is 5.94. The number of ether oxygens (including phenoxy) is 1. The summed E-state index contributed by atoms with van der Waals surface area (Å²) in [7, 11) is 0. The molecule has 2 aromatic heterocycles. The van der Waals surface area contributed by atoms with Crippen LogP contribution in [-0.4, -0.2) is 61.4 Å². The van der Waals surface area contributed by atoms with Gasteiger partial charge in [0.1, 0.15) is 30.1 Å². The second kappa shape index (κ2) is 10.4. The summed E-state index contributed by atoms with van der Waals surface area (Å²) in [6.07, 6.45) is 1.29. The molecule has 0 unspecified atom stereocenters. The Morgan fingerprint density at radius 2 is 1.86 bits per heavy atom. The third-order valence-electron chi connectivity index (χ3n) is 5.94. The second-order valence-corrected chi connectivity index (χ2v) is 8.76. The summed E-state index contributed by atoms with van der Waals surface area (Å²) in [4.78, 5) is 9.22. The molecule has 0 radical (unpaired) electrons. The quantitative estimate of drug-likeness (QED) is 0.185. The number of fused-ring (bicyclic) bond motifs is 1. The van der Waals surface area contributed by atoms with Crippen molar-refractivity contribution in [3.63, 3.8) is 0 Å². The molecule has 1 saturated carbocycles. The molecule has 0 bridgehead atoms. The predicted octanol–water partition coefficient (Wildman–Crippen LogP) is 2.99. The highest BCUT2D eigenvalue weighted by Gasteiger charge is 2.25. The first-order valence-corrected chi connectivity index (χ1v) is 11.7. The van der Waals surface area contributed by atoms with Crippen LogP contribution >= 0.6 is 0 Å². The number of aromatic nitrogens is 4. The number of aliphatic hydroxyl groups excluding tert-OH is 3. The molecule has 2 aromatic carbocycles. The second-order valence-electron chi connectivity index (χ2n) is 8.76. The number of nitrogens with one attached hydrogen (secondary N) is 3. The summed E-state index contributed by atoms with van der Waals surface area (Å²) in [6.45, 7) is -0.740. The number of H-pyrrole nitrogens is 1. The molecule has 6 N–H and O–H groups in total. The average Bonchev–Trinajstić information content (AvgIpc) is 3.64. The van der Waals surface area contributed by atoms with Crippen LogP contribution in [0.2, 0.25) is 0 Å². The maximum absolute atomic E-state index is 13.4. The number of aliphatic hydroxyl groups is 3. The number of anilines is 3. The number of aromatic amines is 1. The maximum Gasteiger partial charge on any atom is 0.225 e. The molecule has 1 aliphatic carbocycles. The van der Waals surface area contributed by atoms with E-state index in [1.54, 1.807) is 30.3 Å². The van der Waals surface area contributed by atoms with Gasteiger partial charge in [0.15, 0.2) is 5.82 Å². The standard InChI is InChI=1S/C25H27FN6O4/c26-16-5-3-15(4-6-16)22(12-34)28-25-27-21-9-18(36-13-17(35)11-33)7-8-19(21)24(30-25)29-23-10-20(31-32-23)14-1-2-14/h3-10,14,17,22,33-35H,1-2,11-13H2,(H3,27,28,29,30,31,32)/t17-,22+/m1/s1. The molecule has 10 nitrogen and oxygen atoms in total. The molecule has 2 heterocycles. The van der Waals surface area contributed by atoms with Crippen LogP contribution in [0.1, 0.15) is 36.1 Å². The van der Waals surface area contributed by atoms with Gasteiger partial charge >= 0.3 is 0 Å². The normalized spacial score (nSPS) is 15.0. The molecule has 1 fully saturated rings. The summed E-state index contributed by atoms with van der Waals surface area (Å²) in [5, 5.41) is 43.1. The average molecular weight is 495 g/mol. The Kier molecular flexibility index (Phi) is 6.94. The van der Waals surface area contributed by atoms with E-state index >= 15 is 0 Å². The Balaban J connectivity index is 1.47. The van der Waals surface area contributed by atoms with Gasteiger partial charge in [0.25, 0.3) is 0 Å². The molecule has 188 valence electrons. The lowest BCUT2D eigenvalue weighted by Crippen LogP contribution is -2.21. The van der Waals surface area contributed by atoms with Gasteiger partial charge in [0.05, 0.1) is 24.8 Å². The molecule has 0 spiro atoms. The Morgan fingerprint density at radius 3 is 2.58 bits per heavy atom. The molecular formula is C25H27FN6O4. The van der Waals surface area contributed by atoms with Crippen molar-refractivity contribution in [2.24, 2.45) is 0 Å². The summed E-state index contributed by atoms with van der Waals surface area (Å²) >= 11 is 0. The van der Waals surface area contributed by atoms with E-state index in [0.29, 0.717) is 39.8 Å². The molecule has 0 aliphatic heterocycles. The van der Waals surface area contributed by atoms with Crippen LogP contribution in [0.15, 0.2) is 48.5 Å². The van der Waals surface area contributed by atoms with Gasteiger partial charge in [-0.15, -0.1) is 0 Å². The number of hydrogen-bond acceptors (Lipinski definition) is 9. The lowest BCUT2D eigenvalue weighted by Gasteiger charge is -2.18. The van der Waals surface area contributed by atoms with Crippen LogP contribution in [0, 0.1) is 5.82 Å². The molecule has 4 aromatic rings. The first-order chi connectivity index (χ1) is 17.5. The van der Waals surface area contributed by atoms with Gasteiger partial charge in [-0.3, -0.25) is 5.10 Å². The van der Waals surface area contributed by atoms with Crippen LogP contribution in [0.5, 0.6) is 5.75 Å². The van der Waals surface area contributed by atoms with Crippen LogP contribution < -0.4 is 15.4 Å². The van der Waals surface area contributed by atoms with E-state index in [4.69, 9.17) is 9.84 Å². The number of nitrogens with zero attached hydrogens (tertiary/aromatic N) is 3. The molecule has 36 heavy (non-hydrogen) atoms. The first kappa shape index (κ1) is 23.9. The van der Waals surface area contributed by atoms with E-state index in [-0.39, 0.29) is 25.0 Å². The largest absolute Gasteiger partial charge is 0.491 e. The SMILES string of the molecule is OC[C@@H](O)COc1ccc2c(Nc3cc(C4CC4)[nH]n3)nc(N[C@@H](CO)c3ccc(F)cc3)nc2c1. The topological polar surface area (TPSA) is 148 Å². The highest BCUT2D eigenvalue weighted by Crippen LogP contribution is 2.40. The molecule has 0 amide bonds. The van der Waals surface area contributed by atoms with Crippen molar-refractivity contribution in [2.75, 3.05) is 30.5 Å². The minimum absolute atomic E-state index is 0.0718. The minimum Gasteiger partial charge on any atom is -0.491 e. The Hall–Kier alpha value is -3.80. The van der Waals surface area contributed by atoms with Crippen molar-refractivity contribution in [1.29, 1.82) is 0 Å². The summed E-state index contributed by atoms with van der Waals surface area (Å²) < 4.78 is 19.0. The van der Waals surface area contributed by atoms with E-state index in [0.717, 1.165) is 18.5 Å². The number of rotatable bonds is 11. The number of hydrogen-bond donors (Lipinski definition) is 6. The zero-order valence-electron chi connectivity index (χ0n) is 19.4. The van der Waals surface area contributed by atoms with Crippen LogP contribution in [0.3, 0.4) is 0 Å². The van der Waals surface area contributed by atoms with E-state index in [9.17, 15) is 14.6 Å². The van der Waals surface area contributed by atoms with E-state index < -0.39 is 18.8 Å². The molecule has 2 atom stereocenters. The monoisotopic (exact) mass is 494 g/mol. The summed E-state index contributed by atoms with van der Waals surface area (Å²) in [6, 6.07) is 12.4. The van der Waals surface area contributed by atoms with E-state index in [2.05, 4.69) is 30.8 Å². The Morgan fingerprint density at radius 1 is 1.06 bits per heavy atom. The number of halogens is 1. The zero-order valence-corrected chi connectivity index (χ0v) is 19.4. The lowest BCUT2D eigenvalue weighted by molar-refractivity contribution is 0.0536. The molecule has 0 saturated heterocycles. The number of benzene rings is 2. The van der Waals surface area contributed by atoms with Crippen molar-refractivity contribution in [3.05, 3.63) is 65.6 Å². The summed E-state index contributed by atoms with van der Waals surface area (Å²) in [5.41, 5.74) is 2.29. The van der Waals surface area contributed by atoms with Crippen molar-refractivity contribution < 1.29 is 24.4 Å². The lowest BCUT2D eigenvalue weighted by atomic mass is 10.1. The molecular weight excluding hydrogens is 467 g/mol. The fourth-order valence-corrected chi connectivity index (χ4v) is 3.81. The third kappa shape index (κ3) is 5.54. The smallest absolute Gasteiger partial charge is 0.225 e. The molecule has 11 heteroatoms. The predicted molar refractivity (Wildman–Crippen MR) is 132 cm³/mol. The zero-order chi connectivity index (χ0) is 25.1. The fraction of sp³-hybridized carbons (Fsp3) is 0.320. The molecule has 5 rings (SSSR count). The van der Waals surface area contributed by atoms with Crippen LogP contribution in [0.4, 0.5) is 22.0 Å². The first-order valence-electron chi connectivity index (χ1n) is 11.7. The van der Waals surface area contributed by atoms with Crippen molar-refractivity contribution in [2.45, 2.75) is 30.9 Å². The van der Waals surface area contributed by atoms with Crippen LogP contribution in [-0.2, 0) is 0 Å². The maximum atomic E-state index is 13.4. The highest BCUT2D eigenvalue weighted by molar-refractivity contribution is 5.92. The summed E-state index contributed by atoms with van der Waals surface area (Å²) in [5.74, 6) is 1.95. The van der Waals surface area contributed by atoms with Crippen molar-refractivity contribution >= 4 is 28.5 Å². The highest BCUT2D eigenvalue weighted by atomic mass is 19.1. The Labute approximate surface area is 206 Å². The van der Waals surface area contributed by atoms with Crippen molar-refractivity contribution in [1.82, 2.24) is 20.2 Å².